The maximum absolute atomic E-state index is 13.2. The Morgan fingerprint density at radius 2 is 1.63 bits per heavy atom. The van der Waals surface area contributed by atoms with Crippen LogP contribution in [0, 0.1) is 17.7 Å². The van der Waals surface area contributed by atoms with E-state index in [1.54, 1.807) is 19.2 Å². The minimum Gasteiger partial charge on any atom is -0.381 e. The molecule has 0 aromatic heterocycles. The summed E-state index contributed by atoms with van der Waals surface area (Å²) in [6.07, 6.45) is 5.41. The second-order valence-corrected chi connectivity index (χ2v) is 9.17. The highest BCUT2D eigenvalue weighted by atomic mass is 35.5. The Hall–Kier alpha value is -1.62. The van der Waals surface area contributed by atoms with Gasteiger partial charge >= 0.3 is 0 Å². The van der Waals surface area contributed by atoms with E-state index in [1.165, 1.54) is 12.1 Å². The monoisotopic (exact) mass is 449 g/mol. The normalized spacial score (nSPS) is 24.5. The Kier molecular flexibility index (Phi) is 6.66. The Morgan fingerprint density at radius 3 is 2.23 bits per heavy atom. The van der Waals surface area contributed by atoms with Crippen LogP contribution in [-0.2, 0) is 16.1 Å². The number of benzene rings is 2. The first-order valence-electron chi connectivity index (χ1n) is 10.5. The average Bonchev–Trinajstić information content (AvgIpc) is 3.11. The molecule has 1 aliphatic heterocycles. The van der Waals surface area contributed by atoms with E-state index in [1.807, 2.05) is 17.0 Å². The van der Waals surface area contributed by atoms with E-state index in [2.05, 4.69) is 0 Å². The van der Waals surface area contributed by atoms with Gasteiger partial charge in [-0.3, -0.25) is 4.79 Å². The van der Waals surface area contributed by atoms with E-state index < -0.39 is 0 Å². The topological polar surface area (TPSA) is 29.5 Å². The van der Waals surface area contributed by atoms with Crippen molar-refractivity contribution in [1.29, 1.82) is 0 Å². The van der Waals surface area contributed by atoms with Crippen LogP contribution in [-0.4, -0.2) is 30.6 Å². The van der Waals surface area contributed by atoms with Gasteiger partial charge in [-0.15, -0.1) is 0 Å². The fourth-order valence-corrected chi connectivity index (χ4v) is 5.44. The first kappa shape index (κ1) is 21.6. The van der Waals surface area contributed by atoms with Crippen molar-refractivity contribution in [3.63, 3.8) is 0 Å². The second-order valence-electron chi connectivity index (χ2n) is 8.35. The molecule has 0 spiro atoms. The molecule has 2 aliphatic rings. The SMILES string of the molecule is COC1CCC(C2CCN(Cc3c(Cl)cc(-c4ccc(F)cc4)cc3Cl)C2=O)CC1. The van der Waals surface area contributed by atoms with Gasteiger partial charge in [0.2, 0.25) is 5.91 Å². The predicted octanol–water partition coefficient (Wildman–Crippen LogP) is 6.35. The summed E-state index contributed by atoms with van der Waals surface area (Å²) in [7, 11) is 1.77. The van der Waals surface area contributed by atoms with Crippen molar-refractivity contribution < 1.29 is 13.9 Å². The second kappa shape index (κ2) is 9.25. The fraction of sp³-hybridized carbons (Fsp3) is 0.458. The van der Waals surface area contributed by atoms with Crippen molar-refractivity contribution in [2.75, 3.05) is 13.7 Å². The van der Waals surface area contributed by atoms with Crippen molar-refractivity contribution in [3.05, 3.63) is 57.8 Å². The molecule has 1 saturated heterocycles. The molecule has 1 aliphatic carbocycles. The fourth-order valence-electron chi connectivity index (χ4n) is 4.84. The number of rotatable bonds is 5. The molecule has 2 aromatic rings. The van der Waals surface area contributed by atoms with Gasteiger partial charge in [0.05, 0.1) is 6.10 Å². The standard InChI is InChI=1S/C24H26Cl2FNO2/c1-30-19-8-4-16(5-9-19)20-10-11-28(24(20)29)14-21-22(25)12-17(13-23(21)26)15-2-6-18(27)7-3-15/h2-3,6-7,12-13,16,19-20H,4-5,8-11,14H2,1H3. The van der Waals surface area contributed by atoms with E-state index in [0.29, 0.717) is 28.6 Å². The zero-order chi connectivity index (χ0) is 21.3. The van der Waals surface area contributed by atoms with Crippen LogP contribution in [0.2, 0.25) is 10.0 Å². The molecule has 1 heterocycles. The number of likely N-dealkylation sites (tertiary alicyclic amines) is 1. The third-order valence-electron chi connectivity index (χ3n) is 6.63. The number of halogens is 3. The summed E-state index contributed by atoms with van der Waals surface area (Å²) in [5.74, 6) is 0.468. The molecule has 1 amide bonds. The number of methoxy groups -OCH3 is 1. The molecule has 0 radical (unpaired) electrons. The number of amides is 1. The van der Waals surface area contributed by atoms with Gasteiger partial charge in [-0.25, -0.2) is 4.39 Å². The van der Waals surface area contributed by atoms with Crippen LogP contribution < -0.4 is 0 Å². The first-order valence-corrected chi connectivity index (χ1v) is 11.3. The molecule has 6 heteroatoms. The van der Waals surface area contributed by atoms with Gasteiger partial charge in [-0.1, -0.05) is 35.3 Å². The predicted molar refractivity (Wildman–Crippen MR) is 118 cm³/mol. The van der Waals surface area contributed by atoms with E-state index in [-0.39, 0.29) is 17.6 Å². The van der Waals surface area contributed by atoms with E-state index in [9.17, 15) is 9.18 Å². The number of hydrogen-bond acceptors (Lipinski definition) is 2. The molecular formula is C24H26Cl2FNO2. The number of carbonyl (C=O) groups excluding carboxylic acids is 1. The molecule has 2 aromatic carbocycles. The highest BCUT2D eigenvalue weighted by Gasteiger charge is 2.39. The van der Waals surface area contributed by atoms with Crippen LogP contribution in [0.4, 0.5) is 4.39 Å². The maximum atomic E-state index is 13.2. The third-order valence-corrected chi connectivity index (χ3v) is 7.30. The summed E-state index contributed by atoms with van der Waals surface area (Å²) < 4.78 is 18.7. The Morgan fingerprint density at radius 1 is 1.00 bits per heavy atom. The zero-order valence-corrected chi connectivity index (χ0v) is 18.6. The van der Waals surface area contributed by atoms with Crippen LogP contribution in [0.15, 0.2) is 36.4 Å². The summed E-state index contributed by atoms with van der Waals surface area (Å²) in [6.45, 7) is 1.16. The molecule has 0 bridgehead atoms. The lowest BCUT2D eigenvalue weighted by molar-refractivity contribution is -0.133. The minimum atomic E-state index is -0.287. The zero-order valence-electron chi connectivity index (χ0n) is 17.0. The summed E-state index contributed by atoms with van der Waals surface area (Å²) in [5.41, 5.74) is 2.44. The first-order chi connectivity index (χ1) is 14.5. The molecule has 1 saturated carbocycles. The molecule has 0 N–H and O–H groups in total. The summed E-state index contributed by atoms with van der Waals surface area (Å²) in [6, 6.07) is 9.89. The minimum absolute atomic E-state index is 0.0962. The lowest BCUT2D eigenvalue weighted by Crippen LogP contribution is -2.32. The van der Waals surface area contributed by atoms with Gasteiger partial charge in [-0.2, -0.15) is 0 Å². The van der Waals surface area contributed by atoms with Crippen LogP contribution >= 0.6 is 23.2 Å². The van der Waals surface area contributed by atoms with Crippen LogP contribution in [0.25, 0.3) is 11.1 Å². The molecule has 1 atom stereocenters. The lowest BCUT2D eigenvalue weighted by atomic mass is 9.78. The van der Waals surface area contributed by atoms with Crippen molar-refractivity contribution in [3.8, 4) is 11.1 Å². The number of carbonyl (C=O) groups is 1. The molecule has 3 nitrogen and oxygen atoms in total. The van der Waals surface area contributed by atoms with Gasteiger partial charge in [0.15, 0.2) is 0 Å². The highest BCUT2D eigenvalue weighted by molar-refractivity contribution is 6.36. The highest BCUT2D eigenvalue weighted by Crippen LogP contribution is 2.39. The molecule has 2 fully saturated rings. The smallest absolute Gasteiger partial charge is 0.226 e. The average molecular weight is 450 g/mol. The maximum Gasteiger partial charge on any atom is 0.226 e. The molecule has 30 heavy (non-hydrogen) atoms. The van der Waals surface area contributed by atoms with Gasteiger partial charge in [-0.05, 0) is 73.4 Å². The molecule has 4 rings (SSSR count). The molecule has 160 valence electrons. The quantitative estimate of drug-likeness (QED) is 0.531. The van der Waals surface area contributed by atoms with Crippen molar-refractivity contribution in [2.45, 2.75) is 44.8 Å². The summed E-state index contributed by atoms with van der Waals surface area (Å²) in [5, 5.41) is 1.05. The van der Waals surface area contributed by atoms with Crippen molar-refractivity contribution in [2.24, 2.45) is 11.8 Å². The Bertz CT molecular complexity index is 887. The van der Waals surface area contributed by atoms with Crippen LogP contribution in [0.1, 0.15) is 37.7 Å². The van der Waals surface area contributed by atoms with Crippen molar-refractivity contribution >= 4 is 29.1 Å². The Labute approximate surface area is 187 Å². The summed E-state index contributed by atoms with van der Waals surface area (Å²) >= 11 is 13.1. The van der Waals surface area contributed by atoms with Gasteiger partial charge in [0.25, 0.3) is 0 Å². The van der Waals surface area contributed by atoms with Crippen LogP contribution in [0.5, 0.6) is 0 Å². The van der Waals surface area contributed by atoms with Gasteiger partial charge in [0, 0.05) is 41.7 Å². The largest absolute Gasteiger partial charge is 0.381 e. The van der Waals surface area contributed by atoms with Gasteiger partial charge in [0.1, 0.15) is 5.82 Å². The summed E-state index contributed by atoms with van der Waals surface area (Å²) in [4.78, 5) is 15.0. The van der Waals surface area contributed by atoms with Crippen LogP contribution in [0.3, 0.4) is 0 Å². The lowest BCUT2D eigenvalue weighted by Gasteiger charge is -2.30. The number of nitrogens with zero attached hydrogens (tertiary/aromatic N) is 1. The third kappa shape index (κ3) is 4.51. The number of hydrogen-bond donors (Lipinski definition) is 0. The Balaban J connectivity index is 1.45. The van der Waals surface area contributed by atoms with E-state index >= 15 is 0 Å². The van der Waals surface area contributed by atoms with Gasteiger partial charge < -0.3 is 9.64 Å². The molecular weight excluding hydrogens is 424 g/mol. The molecule has 1 unspecified atom stereocenters. The van der Waals surface area contributed by atoms with Crippen molar-refractivity contribution in [1.82, 2.24) is 4.90 Å². The van der Waals surface area contributed by atoms with E-state index in [4.69, 9.17) is 27.9 Å². The van der Waals surface area contributed by atoms with E-state index in [0.717, 1.165) is 55.3 Å². The number of ether oxygens (including phenoxy) is 1.